The predicted octanol–water partition coefficient (Wildman–Crippen LogP) is 4.50. The molecule has 182 valence electrons. The number of benzene rings is 1. The van der Waals surface area contributed by atoms with Gasteiger partial charge in [-0.25, -0.2) is 13.4 Å². The lowest BCUT2D eigenvalue weighted by Gasteiger charge is -2.34. The number of nitrogens with zero attached hydrogens (tertiary/aromatic N) is 3. The molecule has 1 fully saturated rings. The SMILES string of the molecule is Cc1nc(CN2c3ccc(C(F)(F)F)cc3CN(S(=O)(=O)C(F)(F)F)CC2C2CC2)c(C)[nH]1. The van der Waals surface area contributed by atoms with Gasteiger partial charge in [-0.3, -0.25) is 0 Å². The Labute approximate surface area is 186 Å². The van der Waals surface area contributed by atoms with Crippen LogP contribution >= 0.6 is 0 Å². The summed E-state index contributed by atoms with van der Waals surface area (Å²) in [5, 5.41) is 0. The van der Waals surface area contributed by atoms with Gasteiger partial charge in [-0.05, 0) is 56.4 Å². The molecule has 0 amide bonds. The highest BCUT2D eigenvalue weighted by molar-refractivity contribution is 7.89. The molecule has 1 aliphatic heterocycles. The van der Waals surface area contributed by atoms with Gasteiger partial charge in [-0.15, -0.1) is 0 Å². The van der Waals surface area contributed by atoms with Crippen LogP contribution in [0.3, 0.4) is 0 Å². The van der Waals surface area contributed by atoms with Gasteiger partial charge in [-0.2, -0.15) is 30.6 Å². The van der Waals surface area contributed by atoms with E-state index < -0.39 is 46.4 Å². The van der Waals surface area contributed by atoms with Crippen molar-refractivity contribution in [3.63, 3.8) is 0 Å². The Balaban J connectivity index is 1.86. The molecule has 1 unspecified atom stereocenters. The monoisotopic (exact) mass is 496 g/mol. The van der Waals surface area contributed by atoms with E-state index in [0.29, 0.717) is 24.4 Å². The fourth-order valence-corrected chi connectivity index (χ4v) is 5.25. The average molecular weight is 496 g/mol. The van der Waals surface area contributed by atoms with Crippen molar-refractivity contribution in [2.24, 2.45) is 5.92 Å². The van der Waals surface area contributed by atoms with Crippen molar-refractivity contribution < 1.29 is 34.8 Å². The van der Waals surface area contributed by atoms with Crippen LogP contribution in [0.4, 0.5) is 32.0 Å². The van der Waals surface area contributed by atoms with Gasteiger partial charge >= 0.3 is 21.7 Å². The summed E-state index contributed by atoms with van der Waals surface area (Å²) in [6.07, 6.45) is -3.35. The first-order valence-corrected chi connectivity index (χ1v) is 11.7. The normalized spacial score (nSPS) is 20.6. The van der Waals surface area contributed by atoms with E-state index in [9.17, 15) is 34.8 Å². The summed E-state index contributed by atoms with van der Waals surface area (Å²) in [5.41, 5.74) is -5.16. The van der Waals surface area contributed by atoms with Crippen molar-refractivity contribution in [2.45, 2.75) is 57.5 Å². The Bertz CT molecular complexity index is 1150. The Morgan fingerprint density at radius 1 is 1.12 bits per heavy atom. The number of H-pyrrole nitrogens is 1. The molecule has 1 aromatic carbocycles. The number of aromatic nitrogens is 2. The molecular formula is C20H22F6N4O2S. The Morgan fingerprint density at radius 2 is 1.79 bits per heavy atom. The van der Waals surface area contributed by atoms with Crippen LogP contribution in [0.15, 0.2) is 18.2 Å². The van der Waals surface area contributed by atoms with Crippen molar-refractivity contribution in [2.75, 3.05) is 11.4 Å². The third-order valence-corrected chi connectivity index (χ3v) is 7.62. The van der Waals surface area contributed by atoms with Crippen LogP contribution in [0.1, 0.15) is 41.2 Å². The number of imidazole rings is 1. The molecule has 1 N–H and O–H groups in total. The molecule has 1 aliphatic carbocycles. The largest absolute Gasteiger partial charge is 0.511 e. The fraction of sp³-hybridized carbons (Fsp3) is 0.550. The number of hydrogen-bond donors (Lipinski definition) is 1. The molecule has 1 aromatic heterocycles. The van der Waals surface area contributed by atoms with E-state index in [2.05, 4.69) is 9.97 Å². The lowest BCUT2D eigenvalue weighted by Crippen LogP contribution is -2.47. The van der Waals surface area contributed by atoms with Crippen LogP contribution in [0.5, 0.6) is 0 Å². The van der Waals surface area contributed by atoms with E-state index in [1.165, 1.54) is 6.07 Å². The van der Waals surface area contributed by atoms with E-state index in [1.807, 2.05) is 0 Å². The number of halogens is 6. The molecule has 2 aliphatic rings. The van der Waals surface area contributed by atoms with E-state index in [-0.39, 0.29) is 28.0 Å². The smallest absolute Gasteiger partial charge is 0.361 e. The summed E-state index contributed by atoms with van der Waals surface area (Å²) >= 11 is 0. The van der Waals surface area contributed by atoms with Gasteiger partial charge in [0, 0.05) is 30.5 Å². The van der Waals surface area contributed by atoms with Crippen LogP contribution in [0, 0.1) is 19.8 Å². The number of nitrogens with one attached hydrogen (secondary N) is 1. The molecule has 0 bridgehead atoms. The van der Waals surface area contributed by atoms with Gasteiger partial charge in [-0.1, -0.05) is 0 Å². The quantitative estimate of drug-likeness (QED) is 0.634. The molecule has 4 rings (SSSR count). The summed E-state index contributed by atoms with van der Waals surface area (Å²) in [7, 11) is -5.75. The third-order valence-electron chi connectivity index (χ3n) is 6.08. The van der Waals surface area contributed by atoms with Gasteiger partial charge in [0.2, 0.25) is 0 Å². The Kier molecular flexibility index (Phi) is 5.71. The number of aromatic amines is 1. The maximum atomic E-state index is 13.4. The zero-order valence-electron chi connectivity index (χ0n) is 17.8. The van der Waals surface area contributed by atoms with Crippen molar-refractivity contribution in [1.82, 2.24) is 14.3 Å². The number of aryl methyl sites for hydroxylation is 2. The third kappa shape index (κ3) is 4.57. The molecule has 33 heavy (non-hydrogen) atoms. The van der Waals surface area contributed by atoms with Crippen LogP contribution in [-0.4, -0.2) is 40.8 Å². The number of alkyl halides is 6. The van der Waals surface area contributed by atoms with Gasteiger partial charge in [0.25, 0.3) is 0 Å². The van der Waals surface area contributed by atoms with Crippen molar-refractivity contribution >= 4 is 15.7 Å². The maximum Gasteiger partial charge on any atom is 0.511 e. The molecular weight excluding hydrogens is 474 g/mol. The fourth-order valence-electron chi connectivity index (χ4n) is 4.30. The van der Waals surface area contributed by atoms with E-state index in [1.54, 1.807) is 18.7 Å². The van der Waals surface area contributed by atoms with E-state index in [0.717, 1.165) is 17.8 Å². The topological polar surface area (TPSA) is 69.3 Å². The second-order valence-corrected chi connectivity index (χ2v) is 10.4. The van der Waals surface area contributed by atoms with Gasteiger partial charge in [0.05, 0.1) is 17.8 Å². The minimum Gasteiger partial charge on any atom is -0.361 e. The number of anilines is 1. The van der Waals surface area contributed by atoms with Crippen molar-refractivity contribution in [3.8, 4) is 0 Å². The summed E-state index contributed by atoms with van der Waals surface area (Å²) in [6.45, 7) is 2.34. The van der Waals surface area contributed by atoms with Gasteiger partial charge < -0.3 is 9.88 Å². The predicted molar refractivity (Wildman–Crippen MR) is 108 cm³/mol. The minimum atomic E-state index is -5.75. The molecule has 0 saturated heterocycles. The van der Waals surface area contributed by atoms with Crippen LogP contribution < -0.4 is 4.90 Å². The molecule has 0 radical (unpaired) electrons. The minimum absolute atomic E-state index is 0.0791. The van der Waals surface area contributed by atoms with Crippen LogP contribution in [0.25, 0.3) is 0 Å². The number of hydrogen-bond acceptors (Lipinski definition) is 4. The summed E-state index contributed by atoms with van der Waals surface area (Å²) in [4.78, 5) is 9.14. The zero-order chi connectivity index (χ0) is 24.3. The molecule has 1 atom stereocenters. The summed E-state index contributed by atoms with van der Waals surface area (Å²) in [6, 6.07) is 2.17. The Hall–Kier alpha value is -2.28. The van der Waals surface area contributed by atoms with E-state index in [4.69, 9.17) is 0 Å². The highest BCUT2D eigenvalue weighted by Crippen LogP contribution is 2.44. The lowest BCUT2D eigenvalue weighted by atomic mass is 10.0. The first-order chi connectivity index (χ1) is 15.2. The zero-order valence-corrected chi connectivity index (χ0v) is 18.6. The van der Waals surface area contributed by atoms with Gasteiger partial charge in [0.15, 0.2) is 0 Å². The molecule has 1 saturated carbocycles. The summed E-state index contributed by atoms with van der Waals surface area (Å²) in [5.74, 6) is 0.540. The van der Waals surface area contributed by atoms with Crippen molar-refractivity contribution in [3.05, 3.63) is 46.5 Å². The first kappa shape index (κ1) is 23.9. The summed E-state index contributed by atoms with van der Waals surface area (Å²) < 4.78 is 105. The average Bonchev–Trinajstić information content (AvgIpc) is 3.47. The molecule has 6 nitrogen and oxygen atoms in total. The molecule has 2 aromatic rings. The molecule has 13 heteroatoms. The first-order valence-electron chi connectivity index (χ1n) is 10.2. The second-order valence-electron chi connectivity index (χ2n) is 8.51. The number of sulfonamides is 1. The maximum absolute atomic E-state index is 13.4. The van der Waals surface area contributed by atoms with E-state index >= 15 is 0 Å². The molecule has 2 heterocycles. The standard InChI is InChI=1S/C20H22F6N4O2S/c1-11-16(28-12(2)27-11)9-30-17-6-5-15(19(21,22)23)7-14(17)8-29(10-18(30)13-3-4-13)33(31,32)20(24,25)26/h5-7,13,18H,3-4,8-10H2,1-2H3,(H,27,28). The second kappa shape index (κ2) is 7.90. The highest BCUT2D eigenvalue weighted by Gasteiger charge is 2.52. The highest BCUT2D eigenvalue weighted by atomic mass is 32.2. The molecule has 0 spiro atoms. The lowest BCUT2D eigenvalue weighted by molar-refractivity contribution is -0.137. The van der Waals surface area contributed by atoms with Gasteiger partial charge in [0.1, 0.15) is 5.82 Å². The number of fused-ring (bicyclic) bond motifs is 1. The number of rotatable bonds is 4. The van der Waals surface area contributed by atoms with Crippen LogP contribution in [-0.2, 0) is 29.3 Å². The Morgan fingerprint density at radius 3 is 2.30 bits per heavy atom. The van der Waals surface area contributed by atoms with Crippen molar-refractivity contribution in [1.29, 1.82) is 0 Å². The van der Waals surface area contributed by atoms with Crippen LogP contribution in [0.2, 0.25) is 0 Å².